The highest BCUT2D eigenvalue weighted by molar-refractivity contribution is 5.83. The average Bonchev–Trinajstić information content (AvgIpc) is 2.86. The molecule has 0 aromatic heterocycles. The molecule has 0 aliphatic carbocycles. The Kier molecular flexibility index (Phi) is 9.02. The molecular weight excluding hydrogens is 410 g/mol. The molecule has 3 aromatic rings. The van der Waals surface area contributed by atoms with Crippen LogP contribution in [0, 0.1) is 11.8 Å². The second kappa shape index (κ2) is 12.2. The highest BCUT2D eigenvalue weighted by Gasteiger charge is 2.13. The van der Waals surface area contributed by atoms with Gasteiger partial charge in [0.1, 0.15) is 0 Å². The van der Waals surface area contributed by atoms with E-state index in [0.29, 0.717) is 6.42 Å². The van der Waals surface area contributed by atoms with E-state index >= 15 is 0 Å². The molecule has 170 valence electrons. The fourth-order valence-electron chi connectivity index (χ4n) is 3.78. The minimum atomic E-state index is -0.838. The largest absolute Gasteiger partial charge is 0.203 e. The second-order valence-electron chi connectivity index (χ2n) is 8.35. The minimum Gasteiger partial charge on any atom is -0.203 e. The van der Waals surface area contributed by atoms with E-state index in [1.807, 2.05) is 31.2 Å². The number of aryl methyl sites for hydroxylation is 3. The van der Waals surface area contributed by atoms with Gasteiger partial charge in [0.2, 0.25) is 0 Å². The topological polar surface area (TPSA) is 0 Å². The van der Waals surface area contributed by atoms with Crippen LogP contribution in [0.5, 0.6) is 0 Å². The molecule has 0 saturated carbocycles. The van der Waals surface area contributed by atoms with Gasteiger partial charge in [0.15, 0.2) is 11.7 Å². The van der Waals surface area contributed by atoms with E-state index in [1.54, 1.807) is 30.3 Å². The summed E-state index contributed by atoms with van der Waals surface area (Å²) in [5.41, 5.74) is 5.65. The van der Waals surface area contributed by atoms with Crippen LogP contribution in [0.2, 0.25) is 0 Å². The van der Waals surface area contributed by atoms with Crippen LogP contribution in [0.15, 0.2) is 66.7 Å². The molecule has 3 rings (SSSR count). The van der Waals surface area contributed by atoms with Crippen molar-refractivity contribution in [2.75, 3.05) is 0 Å². The van der Waals surface area contributed by atoms with E-state index in [2.05, 4.69) is 37.8 Å². The van der Waals surface area contributed by atoms with Crippen molar-refractivity contribution in [3.8, 4) is 11.8 Å². The molecule has 0 spiro atoms. The number of rotatable bonds is 8. The van der Waals surface area contributed by atoms with Gasteiger partial charge in [0.25, 0.3) is 0 Å². The molecule has 0 unspecified atom stereocenters. The number of unbranched alkanes of at least 4 members (excludes halogenated alkanes) is 1. The van der Waals surface area contributed by atoms with Crippen molar-refractivity contribution in [3.05, 3.63) is 106 Å². The Balaban J connectivity index is 1.82. The third-order valence-electron chi connectivity index (χ3n) is 5.79. The fraction of sp³-hybridized carbons (Fsp3) is 0.290. The highest BCUT2D eigenvalue weighted by atomic mass is 19.2. The molecule has 0 atom stereocenters. The van der Waals surface area contributed by atoms with Gasteiger partial charge in [-0.15, -0.1) is 0 Å². The first-order valence-electron chi connectivity index (χ1n) is 11.9. The molecule has 0 amide bonds. The van der Waals surface area contributed by atoms with Gasteiger partial charge in [-0.3, -0.25) is 0 Å². The molecule has 0 N–H and O–H groups in total. The SMILES string of the molecule is CCCCc1ccc(C#Cc2ccc(/C(F)=C(\F)c3ccc(CCC)cc3)cc2CC)cc1. The molecular formula is C31H32F2. The highest BCUT2D eigenvalue weighted by Crippen LogP contribution is 2.30. The van der Waals surface area contributed by atoms with Crippen molar-refractivity contribution in [3.63, 3.8) is 0 Å². The van der Waals surface area contributed by atoms with Crippen molar-refractivity contribution in [2.24, 2.45) is 0 Å². The lowest BCUT2D eigenvalue weighted by Gasteiger charge is -2.07. The van der Waals surface area contributed by atoms with Crippen molar-refractivity contribution in [1.82, 2.24) is 0 Å². The summed E-state index contributed by atoms with van der Waals surface area (Å²) in [7, 11) is 0. The Morgan fingerprint density at radius 3 is 1.91 bits per heavy atom. The Labute approximate surface area is 197 Å². The monoisotopic (exact) mass is 442 g/mol. The number of benzene rings is 3. The van der Waals surface area contributed by atoms with E-state index < -0.39 is 11.7 Å². The first-order valence-corrected chi connectivity index (χ1v) is 11.9. The standard InChI is InChI=1S/C31H32F2/c1-4-7-9-24-10-12-25(13-11-24)14-17-27-20-21-29(22-26(27)6-3)31(33)30(32)28-18-15-23(8-5-2)16-19-28/h10-13,15-16,18-22H,4-9H2,1-3H3/b31-30+. The number of hydrogen-bond acceptors (Lipinski definition) is 0. The van der Waals surface area contributed by atoms with Gasteiger partial charge in [-0.25, -0.2) is 8.78 Å². The summed E-state index contributed by atoms with van der Waals surface area (Å²) in [4.78, 5) is 0. The molecule has 0 fully saturated rings. The lowest BCUT2D eigenvalue weighted by molar-refractivity contribution is 0.700. The van der Waals surface area contributed by atoms with Crippen LogP contribution >= 0.6 is 0 Å². The summed E-state index contributed by atoms with van der Waals surface area (Å²) in [5, 5.41) is 0. The van der Waals surface area contributed by atoms with Crippen LogP contribution in [0.1, 0.15) is 79.0 Å². The molecule has 0 aliphatic rings. The van der Waals surface area contributed by atoms with Crippen LogP contribution in [-0.4, -0.2) is 0 Å². The van der Waals surface area contributed by atoms with Gasteiger partial charge in [0, 0.05) is 22.3 Å². The van der Waals surface area contributed by atoms with Crippen molar-refractivity contribution in [2.45, 2.75) is 59.3 Å². The average molecular weight is 443 g/mol. The minimum absolute atomic E-state index is 0.243. The first kappa shape index (κ1) is 24.5. The zero-order valence-electron chi connectivity index (χ0n) is 19.8. The zero-order chi connectivity index (χ0) is 23.6. The summed E-state index contributed by atoms with van der Waals surface area (Å²) < 4.78 is 29.8. The van der Waals surface area contributed by atoms with Gasteiger partial charge < -0.3 is 0 Å². The molecule has 0 saturated heterocycles. The van der Waals surface area contributed by atoms with Gasteiger partial charge in [0.05, 0.1) is 0 Å². The fourth-order valence-corrected chi connectivity index (χ4v) is 3.78. The van der Waals surface area contributed by atoms with Crippen LogP contribution in [0.4, 0.5) is 8.78 Å². The Bertz CT molecular complexity index is 1140. The molecule has 0 bridgehead atoms. The van der Waals surface area contributed by atoms with Gasteiger partial charge in [-0.1, -0.05) is 87.9 Å². The van der Waals surface area contributed by atoms with Crippen LogP contribution in [-0.2, 0) is 19.3 Å². The quantitative estimate of drug-likeness (QED) is 0.242. The number of halogens is 2. The summed E-state index contributed by atoms with van der Waals surface area (Å²) in [6.07, 6.45) is 6.10. The van der Waals surface area contributed by atoms with Gasteiger partial charge in [-0.2, -0.15) is 0 Å². The number of hydrogen-bond donors (Lipinski definition) is 0. The summed E-state index contributed by atoms with van der Waals surface area (Å²) in [6, 6.07) is 20.5. The third-order valence-corrected chi connectivity index (χ3v) is 5.79. The maximum absolute atomic E-state index is 15.0. The van der Waals surface area contributed by atoms with Crippen molar-refractivity contribution >= 4 is 11.7 Å². The maximum Gasteiger partial charge on any atom is 0.166 e. The summed E-state index contributed by atoms with van der Waals surface area (Å²) in [6.45, 7) is 6.28. The Morgan fingerprint density at radius 2 is 1.27 bits per heavy atom. The van der Waals surface area contributed by atoms with Crippen LogP contribution in [0.25, 0.3) is 11.7 Å². The van der Waals surface area contributed by atoms with Gasteiger partial charge in [-0.05, 0) is 66.6 Å². The zero-order valence-corrected chi connectivity index (χ0v) is 19.8. The van der Waals surface area contributed by atoms with E-state index in [-0.39, 0.29) is 11.1 Å². The first-order chi connectivity index (χ1) is 16.0. The smallest absolute Gasteiger partial charge is 0.166 e. The van der Waals surface area contributed by atoms with E-state index in [1.165, 1.54) is 18.4 Å². The molecule has 2 heteroatoms. The maximum atomic E-state index is 15.0. The predicted octanol–water partition coefficient (Wildman–Crippen LogP) is 8.71. The molecule has 3 aromatic carbocycles. The normalized spacial score (nSPS) is 11.5. The second-order valence-corrected chi connectivity index (χ2v) is 8.35. The van der Waals surface area contributed by atoms with Crippen molar-refractivity contribution in [1.29, 1.82) is 0 Å². The van der Waals surface area contributed by atoms with Crippen LogP contribution in [0.3, 0.4) is 0 Å². The predicted molar refractivity (Wildman–Crippen MR) is 136 cm³/mol. The van der Waals surface area contributed by atoms with Crippen molar-refractivity contribution < 1.29 is 8.78 Å². The van der Waals surface area contributed by atoms with E-state index in [0.717, 1.165) is 41.5 Å². The molecule has 0 nitrogen and oxygen atoms in total. The molecule has 0 radical (unpaired) electrons. The Morgan fingerprint density at radius 1 is 0.667 bits per heavy atom. The van der Waals surface area contributed by atoms with Crippen LogP contribution < -0.4 is 0 Å². The summed E-state index contributed by atoms with van der Waals surface area (Å²) in [5.74, 6) is 4.74. The third kappa shape index (κ3) is 6.65. The van der Waals surface area contributed by atoms with E-state index in [9.17, 15) is 8.78 Å². The van der Waals surface area contributed by atoms with E-state index in [4.69, 9.17) is 0 Å². The summed E-state index contributed by atoms with van der Waals surface area (Å²) >= 11 is 0. The molecule has 0 aliphatic heterocycles. The lowest BCUT2D eigenvalue weighted by atomic mass is 9.99. The lowest BCUT2D eigenvalue weighted by Crippen LogP contribution is -1.92. The Hall–Kier alpha value is -3.18. The molecule has 0 heterocycles. The molecule has 33 heavy (non-hydrogen) atoms. The van der Waals surface area contributed by atoms with Gasteiger partial charge >= 0.3 is 0 Å².